The molecular weight excluding hydrogens is 406 g/mol. The molecule has 0 N–H and O–H groups in total. The standard InChI is InChI=1S/C24H25N5O3/c1-16-22(17(2)32-26-16)14-28-13-21(11-25-28)29-23(30)15-27(24(29)31)12-20-8-4-7-19(10-20)9-18-5-3-6-18/h4,7-11,13H,3,5-6,12,14-15H2,1-2H3. The number of hydrogen-bond acceptors (Lipinski definition) is 5. The van der Waals surface area contributed by atoms with Gasteiger partial charge in [0.05, 0.1) is 24.1 Å². The maximum atomic E-state index is 13.0. The number of nitrogens with zero attached hydrogens (tertiary/aromatic N) is 5. The Labute approximate surface area is 186 Å². The van der Waals surface area contributed by atoms with Crippen molar-refractivity contribution in [1.82, 2.24) is 19.8 Å². The molecular formula is C24H25N5O3. The molecule has 0 spiro atoms. The normalized spacial score (nSPS) is 16.1. The summed E-state index contributed by atoms with van der Waals surface area (Å²) in [6, 6.07) is 7.83. The molecule has 1 aliphatic carbocycles. The fourth-order valence-corrected chi connectivity index (χ4v) is 4.13. The number of imide groups is 1. The quantitative estimate of drug-likeness (QED) is 0.549. The first-order valence-electron chi connectivity index (χ1n) is 10.8. The largest absolute Gasteiger partial charge is 0.361 e. The number of anilines is 1. The number of urea groups is 1. The Balaban J connectivity index is 1.29. The lowest BCUT2D eigenvalue weighted by Gasteiger charge is -2.17. The van der Waals surface area contributed by atoms with E-state index in [0.29, 0.717) is 18.8 Å². The van der Waals surface area contributed by atoms with Crippen LogP contribution in [0.5, 0.6) is 0 Å². The number of aryl methyl sites for hydroxylation is 2. The summed E-state index contributed by atoms with van der Waals surface area (Å²) in [4.78, 5) is 28.5. The number of benzene rings is 1. The van der Waals surface area contributed by atoms with Gasteiger partial charge in [0.25, 0.3) is 5.91 Å². The van der Waals surface area contributed by atoms with Gasteiger partial charge in [-0.3, -0.25) is 9.48 Å². The highest BCUT2D eigenvalue weighted by Crippen LogP contribution is 2.28. The van der Waals surface area contributed by atoms with Crippen LogP contribution in [0.15, 0.2) is 46.8 Å². The molecule has 1 saturated heterocycles. The van der Waals surface area contributed by atoms with Crippen molar-refractivity contribution in [1.29, 1.82) is 0 Å². The van der Waals surface area contributed by atoms with Crippen molar-refractivity contribution in [3.8, 4) is 0 Å². The Morgan fingerprint density at radius 2 is 2.00 bits per heavy atom. The number of aromatic nitrogens is 3. The summed E-state index contributed by atoms with van der Waals surface area (Å²) in [5.74, 6) is 0.480. The van der Waals surface area contributed by atoms with E-state index in [0.717, 1.165) is 28.1 Å². The van der Waals surface area contributed by atoms with Crippen molar-refractivity contribution in [2.75, 3.05) is 11.4 Å². The van der Waals surface area contributed by atoms with Gasteiger partial charge < -0.3 is 9.42 Å². The van der Waals surface area contributed by atoms with E-state index in [1.807, 2.05) is 26.0 Å². The van der Waals surface area contributed by atoms with Gasteiger partial charge in [-0.25, -0.2) is 9.69 Å². The molecule has 164 valence electrons. The molecule has 2 aliphatic rings. The van der Waals surface area contributed by atoms with Crippen LogP contribution in [-0.2, 0) is 17.9 Å². The van der Waals surface area contributed by atoms with Gasteiger partial charge in [0.15, 0.2) is 0 Å². The van der Waals surface area contributed by atoms with Crippen molar-refractivity contribution in [3.05, 3.63) is 70.4 Å². The molecule has 2 aromatic heterocycles. The second-order valence-electron chi connectivity index (χ2n) is 8.47. The van der Waals surface area contributed by atoms with Crippen LogP contribution in [0.3, 0.4) is 0 Å². The molecule has 0 atom stereocenters. The molecule has 8 heteroatoms. The smallest absolute Gasteiger partial charge is 0.332 e. The minimum Gasteiger partial charge on any atom is -0.361 e. The average molecular weight is 431 g/mol. The molecule has 1 aliphatic heterocycles. The summed E-state index contributed by atoms with van der Waals surface area (Å²) in [5.41, 5.74) is 5.84. The van der Waals surface area contributed by atoms with Crippen LogP contribution < -0.4 is 4.90 Å². The molecule has 3 heterocycles. The van der Waals surface area contributed by atoms with Crippen molar-refractivity contribution in [2.24, 2.45) is 0 Å². The zero-order chi connectivity index (χ0) is 22.2. The van der Waals surface area contributed by atoms with Gasteiger partial charge >= 0.3 is 6.03 Å². The van der Waals surface area contributed by atoms with E-state index in [-0.39, 0.29) is 18.5 Å². The molecule has 0 bridgehead atoms. The first-order valence-corrected chi connectivity index (χ1v) is 10.8. The van der Waals surface area contributed by atoms with E-state index in [4.69, 9.17) is 4.52 Å². The van der Waals surface area contributed by atoms with Gasteiger partial charge in [-0.05, 0) is 50.3 Å². The first kappa shape index (κ1) is 20.2. The fraction of sp³-hybridized carbons (Fsp3) is 0.333. The Morgan fingerprint density at radius 3 is 2.72 bits per heavy atom. The summed E-state index contributed by atoms with van der Waals surface area (Å²) in [6.07, 6.45) is 9.08. The first-order chi connectivity index (χ1) is 15.5. The van der Waals surface area contributed by atoms with E-state index >= 15 is 0 Å². The van der Waals surface area contributed by atoms with E-state index < -0.39 is 0 Å². The van der Waals surface area contributed by atoms with Crippen molar-refractivity contribution < 1.29 is 14.1 Å². The maximum Gasteiger partial charge on any atom is 0.332 e. The molecule has 2 fully saturated rings. The van der Waals surface area contributed by atoms with Crippen LogP contribution in [0.4, 0.5) is 10.5 Å². The van der Waals surface area contributed by atoms with E-state index in [1.165, 1.54) is 29.7 Å². The van der Waals surface area contributed by atoms with E-state index in [9.17, 15) is 9.59 Å². The lowest BCUT2D eigenvalue weighted by atomic mass is 9.90. The zero-order valence-corrected chi connectivity index (χ0v) is 18.2. The summed E-state index contributed by atoms with van der Waals surface area (Å²) in [6.45, 7) is 4.63. The summed E-state index contributed by atoms with van der Waals surface area (Å²) >= 11 is 0. The lowest BCUT2D eigenvalue weighted by Crippen LogP contribution is -2.32. The van der Waals surface area contributed by atoms with Crippen LogP contribution in [0.25, 0.3) is 6.08 Å². The van der Waals surface area contributed by atoms with Gasteiger partial charge in [-0.2, -0.15) is 5.10 Å². The highest BCUT2D eigenvalue weighted by atomic mass is 16.5. The third kappa shape index (κ3) is 3.84. The highest BCUT2D eigenvalue weighted by molar-refractivity contribution is 6.19. The van der Waals surface area contributed by atoms with Crippen LogP contribution in [0, 0.1) is 13.8 Å². The van der Waals surface area contributed by atoms with Crippen LogP contribution in [0.1, 0.15) is 47.4 Å². The molecule has 0 radical (unpaired) electrons. The van der Waals surface area contributed by atoms with Crippen LogP contribution in [0.2, 0.25) is 0 Å². The Kier molecular flexibility index (Phi) is 5.13. The number of hydrogen-bond donors (Lipinski definition) is 0. The summed E-state index contributed by atoms with van der Waals surface area (Å²) in [7, 11) is 0. The number of carbonyl (C=O) groups excluding carboxylic acids is 2. The fourth-order valence-electron chi connectivity index (χ4n) is 4.13. The number of carbonyl (C=O) groups is 2. The van der Waals surface area contributed by atoms with Crippen molar-refractivity contribution >= 4 is 23.7 Å². The second kappa shape index (κ2) is 8.11. The third-order valence-electron chi connectivity index (χ3n) is 6.11. The topological polar surface area (TPSA) is 84.5 Å². The van der Waals surface area contributed by atoms with E-state index in [1.54, 1.807) is 22.0 Å². The monoisotopic (exact) mass is 431 g/mol. The molecule has 1 saturated carbocycles. The van der Waals surface area contributed by atoms with Gasteiger partial charge in [0.2, 0.25) is 0 Å². The van der Waals surface area contributed by atoms with Gasteiger partial charge in [0, 0.05) is 18.3 Å². The average Bonchev–Trinajstić information content (AvgIpc) is 3.40. The SMILES string of the molecule is Cc1noc(C)c1Cn1cc(N2C(=O)CN(Cc3cccc(C=C4CCC4)c3)C2=O)cn1. The van der Waals surface area contributed by atoms with Gasteiger partial charge in [0.1, 0.15) is 12.3 Å². The second-order valence-corrected chi connectivity index (χ2v) is 8.47. The van der Waals surface area contributed by atoms with Crippen molar-refractivity contribution in [2.45, 2.75) is 46.2 Å². The molecule has 1 aromatic carbocycles. The lowest BCUT2D eigenvalue weighted by molar-refractivity contribution is -0.116. The molecule has 3 aromatic rings. The maximum absolute atomic E-state index is 13.0. The van der Waals surface area contributed by atoms with Crippen molar-refractivity contribution in [3.63, 3.8) is 0 Å². The van der Waals surface area contributed by atoms with Crippen LogP contribution >= 0.6 is 0 Å². The Morgan fingerprint density at radius 1 is 1.16 bits per heavy atom. The molecule has 5 rings (SSSR count). The Bertz CT molecular complexity index is 1200. The predicted octanol–water partition coefficient (Wildman–Crippen LogP) is 4.07. The predicted molar refractivity (Wildman–Crippen MR) is 119 cm³/mol. The minimum absolute atomic E-state index is 0.0548. The van der Waals surface area contributed by atoms with Gasteiger partial charge in [-0.1, -0.05) is 35.0 Å². The zero-order valence-electron chi connectivity index (χ0n) is 18.2. The molecule has 0 unspecified atom stereocenters. The summed E-state index contributed by atoms with van der Waals surface area (Å²) in [5, 5.41) is 8.28. The highest BCUT2D eigenvalue weighted by Gasteiger charge is 2.37. The molecule has 3 amide bonds. The van der Waals surface area contributed by atoms with Gasteiger partial charge in [-0.15, -0.1) is 0 Å². The molecule has 8 nitrogen and oxygen atoms in total. The number of allylic oxidation sites excluding steroid dienone is 1. The third-order valence-corrected chi connectivity index (χ3v) is 6.11. The molecule has 32 heavy (non-hydrogen) atoms. The number of amides is 3. The van der Waals surface area contributed by atoms with E-state index in [2.05, 4.69) is 28.5 Å². The van der Waals surface area contributed by atoms with Crippen LogP contribution in [-0.4, -0.2) is 38.3 Å². The minimum atomic E-state index is -0.324. The Hall–Kier alpha value is -3.68. The summed E-state index contributed by atoms with van der Waals surface area (Å²) < 4.78 is 6.88. The number of rotatable bonds is 6.